The zero-order chi connectivity index (χ0) is 16.7. The van der Waals surface area contributed by atoms with Gasteiger partial charge in [0.2, 0.25) is 0 Å². The minimum atomic E-state index is -4.74. The number of hydrogen-bond acceptors (Lipinski definition) is 4. The van der Waals surface area contributed by atoms with Crippen molar-refractivity contribution in [1.29, 1.82) is 0 Å². The van der Waals surface area contributed by atoms with Crippen LogP contribution in [0.25, 0.3) is 0 Å². The number of halogens is 4. The first-order chi connectivity index (χ1) is 10.1. The molecule has 11 heteroatoms. The predicted molar refractivity (Wildman–Crippen MR) is 66.5 cm³/mol. The second-order valence-electron chi connectivity index (χ2n) is 4.08. The van der Waals surface area contributed by atoms with Crippen LogP contribution in [0.15, 0.2) is 18.2 Å². The number of hydrogen-bond donors (Lipinski definition) is 0. The van der Waals surface area contributed by atoms with Gasteiger partial charge in [0.05, 0.1) is 4.92 Å². The third kappa shape index (κ3) is 2.91. The zero-order valence-electron chi connectivity index (χ0n) is 10.7. The van der Waals surface area contributed by atoms with Crippen molar-refractivity contribution in [2.24, 2.45) is 7.05 Å². The highest BCUT2D eigenvalue weighted by Gasteiger charge is 2.39. The molecule has 0 bridgehead atoms. The Balaban J connectivity index is 2.36. The Morgan fingerprint density at radius 1 is 1.41 bits per heavy atom. The van der Waals surface area contributed by atoms with E-state index in [1.165, 1.54) is 0 Å². The van der Waals surface area contributed by atoms with Gasteiger partial charge in [-0.15, -0.1) is 5.10 Å². The predicted octanol–water partition coefficient (Wildman–Crippen LogP) is 3.94. The quantitative estimate of drug-likeness (QED) is 0.627. The van der Waals surface area contributed by atoms with Crippen molar-refractivity contribution in [3.8, 4) is 17.4 Å². The summed E-state index contributed by atoms with van der Waals surface area (Å²) in [6.45, 7) is 0. The van der Waals surface area contributed by atoms with E-state index in [0.29, 0.717) is 4.68 Å². The lowest BCUT2D eigenvalue weighted by atomic mass is 10.3. The van der Waals surface area contributed by atoms with Crippen molar-refractivity contribution in [3.63, 3.8) is 0 Å². The number of nitrogens with zero attached hydrogens (tertiary/aromatic N) is 3. The molecule has 0 spiro atoms. The molecule has 2 rings (SSSR count). The smallest absolute Gasteiger partial charge is 0.434 e. The third-order valence-corrected chi connectivity index (χ3v) is 2.91. The molecule has 0 saturated heterocycles. The van der Waals surface area contributed by atoms with E-state index in [1.807, 2.05) is 0 Å². The molecule has 0 N–H and O–H groups in total. The van der Waals surface area contributed by atoms with Crippen molar-refractivity contribution in [1.82, 2.24) is 9.78 Å². The Hall–Kier alpha value is -2.49. The molecule has 7 nitrogen and oxygen atoms in total. The third-order valence-electron chi connectivity index (χ3n) is 2.57. The summed E-state index contributed by atoms with van der Waals surface area (Å²) in [6, 6.07) is 2.69. The molecule has 0 aliphatic heterocycles. The fraction of sp³-hybridized carbons (Fsp3) is 0.182. The van der Waals surface area contributed by atoms with Crippen molar-refractivity contribution < 1.29 is 27.9 Å². The van der Waals surface area contributed by atoms with Crippen LogP contribution in [0.2, 0.25) is 5.02 Å². The maximum atomic E-state index is 12.7. The van der Waals surface area contributed by atoms with Gasteiger partial charge in [-0.25, -0.2) is 0 Å². The molecular formula is C11H6ClF3N3O4. The molecule has 0 aliphatic rings. The van der Waals surface area contributed by atoms with E-state index in [2.05, 4.69) is 5.10 Å². The van der Waals surface area contributed by atoms with Crippen LogP contribution >= 0.6 is 11.6 Å². The van der Waals surface area contributed by atoms with Gasteiger partial charge in [0.1, 0.15) is 10.8 Å². The highest BCUT2D eigenvalue weighted by Crippen LogP contribution is 2.41. The Labute approximate surface area is 125 Å². The Morgan fingerprint density at radius 2 is 2.05 bits per heavy atom. The number of nitro benzene ring substituents is 1. The maximum absolute atomic E-state index is 12.7. The molecule has 22 heavy (non-hydrogen) atoms. The summed E-state index contributed by atoms with van der Waals surface area (Å²) in [7, 11) is 1.02. The summed E-state index contributed by atoms with van der Waals surface area (Å²) in [4.78, 5) is 9.62. The van der Waals surface area contributed by atoms with Gasteiger partial charge >= 0.3 is 11.9 Å². The summed E-state index contributed by atoms with van der Waals surface area (Å²) in [5.74, 6) is -1.74. The standard InChI is InChI=1S/C11H6ClF3N3O4/c1-17-9(11(13,14)15)8(12)10(16-17)22-5-2-3-6(18(20)21)7(19)4-5/h2-4H,1H3. The Morgan fingerprint density at radius 3 is 2.50 bits per heavy atom. The van der Waals surface area contributed by atoms with E-state index in [9.17, 15) is 28.4 Å². The molecule has 2 aromatic rings. The van der Waals surface area contributed by atoms with Crippen LogP contribution in [0.3, 0.4) is 0 Å². The van der Waals surface area contributed by atoms with Gasteiger partial charge in [0.25, 0.3) is 11.6 Å². The Bertz CT molecular complexity index is 745. The molecule has 1 aromatic heterocycles. The fourth-order valence-electron chi connectivity index (χ4n) is 1.67. The number of benzene rings is 1. The molecule has 117 valence electrons. The van der Waals surface area contributed by atoms with E-state index in [0.717, 1.165) is 25.2 Å². The van der Waals surface area contributed by atoms with E-state index in [4.69, 9.17) is 16.3 Å². The minimum Gasteiger partial charge on any atom is -0.436 e. The van der Waals surface area contributed by atoms with Crippen LogP contribution in [0.1, 0.15) is 5.69 Å². The number of ether oxygens (including phenoxy) is 1. The monoisotopic (exact) mass is 336 g/mol. The van der Waals surface area contributed by atoms with E-state index in [-0.39, 0.29) is 5.75 Å². The average molecular weight is 337 g/mol. The Kier molecular flexibility index (Phi) is 3.88. The largest absolute Gasteiger partial charge is 0.436 e. The molecule has 1 aromatic carbocycles. The van der Waals surface area contributed by atoms with Crippen LogP contribution < -0.4 is 4.74 Å². The molecule has 0 saturated carbocycles. The number of aromatic nitrogens is 2. The molecular weight excluding hydrogens is 331 g/mol. The van der Waals surface area contributed by atoms with Crippen molar-refractivity contribution in [2.45, 2.75) is 6.18 Å². The average Bonchev–Trinajstić information content (AvgIpc) is 2.63. The first-order valence-corrected chi connectivity index (χ1v) is 5.92. The van der Waals surface area contributed by atoms with E-state index in [1.54, 1.807) is 0 Å². The summed E-state index contributed by atoms with van der Waals surface area (Å²) >= 11 is 5.57. The van der Waals surface area contributed by atoms with Gasteiger partial charge in [-0.3, -0.25) is 19.9 Å². The lowest BCUT2D eigenvalue weighted by molar-refractivity contribution is -0.386. The molecule has 0 aliphatic carbocycles. The second kappa shape index (κ2) is 5.37. The summed E-state index contributed by atoms with van der Waals surface area (Å²) in [6.07, 6.45) is -4.74. The summed E-state index contributed by atoms with van der Waals surface area (Å²) in [5, 5.41) is 24.6. The molecule has 0 unspecified atom stereocenters. The van der Waals surface area contributed by atoms with Gasteiger partial charge in [-0.2, -0.15) is 13.2 Å². The summed E-state index contributed by atoms with van der Waals surface area (Å²) in [5.41, 5.74) is -1.90. The van der Waals surface area contributed by atoms with Crippen LogP contribution in [-0.4, -0.2) is 14.7 Å². The maximum Gasteiger partial charge on any atom is 0.434 e. The first kappa shape index (κ1) is 15.9. The molecule has 0 atom stereocenters. The molecule has 0 amide bonds. The lowest BCUT2D eigenvalue weighted by Gasteiger charge is -2.06. The van der Waals surface area contributed by atoms with E-state index >= 15 is 0 Å². The lowest BCUT2D eigenvalue weighted by Crippen LogP contribution is -2.12. The molecule has 1 heterocycles. The molecule has 0 fully saturated rings. The molecule has 1 radical (unpaired) electrons. The minimum absolute atomic E-state index is 0.218. The van der Waals surface area contributed by atoms with Gasteiger partial charge in [-0.05, 0) is 6.07 Å². The van der Waals surface area contributed by atoms with Gasteiger partial charge in [0, 0.05) is 19.2 Å². The van der Waals surface area contributed by atoms with Crippen LogP contribution in [0.5, 0.6) is 17.4 Å². The first-order valence-electron chi connectivity index (χ1n) is 5.54. The highest BCUT2D eigenvalue weighted by atomic mass is 35.5. The fourth-order valence-corrected chi connectivity index (χ4v) is 1.97. The topological polar surface area (TPSA) is 90.1 Å². The highest BCUT2D eigenvalue weighted by molar-refractivity contribution is 6.32. The van der Waals surface area contributed by atoms with Gasteiger partial charge < -0.3 is 4.74 Å². The number of nitro groups is 1. The number of alkyl halides is 3. The van der Waals surface area contributed by atoms with Crippen molar-refractivity contribution >= 4 is 17.3 Å². The van der Waals surface area contributed by atoms with Crippen molar-refractivity contribution in [3.05, 3.63) is 39.0 Å². The van der Waals surface area contributed by atoms with Gasteiger partial charge in [-0.1, -0.05) is 11.6 Å². The van der Waals surface area contributed by atoms with Crippen LogP contribution in [-0.2, 0) is 18.3 Å². The van der Waals surface area contributed by atoms with Gasteiger partial charge in [0.15, 0.2) is 5.69 Å². The van der Waals surface area contributed by atoms with E-state index < -0.39 is 39.1 Å². The van der Waals surface area contributed by atoms with Crippen LogP contribution in [0, 0.1) is 10.1 Å². The SMILES string of the molecule is Cn1nc(Oc2ccc([N+](=O)[O-])c([O])c2)c(Cl)c1C(F)(F)F. The number of aryl methyl sites for hydroxylation is 1. The second-order valence-corrected chi connectivity index (χ2v) is 4.46. The zero-order valence-corrected chi connectivity index (χ0v) is 11.5. The van der Waals surface area contributed by atoms with Crippen molar-refractivity contribution in [2.75, 3.05) is 0 Å². The summed E-state index contributed by atoms with van der Waals surface area (Å²) < 4.78 is 43.7. The normalized spacial score (nSPS) is 11.5. The number of rotatable bonds is 3. The van der Waals surface area contributed by atoms with Crippen LogP contribution in [0.4, 0.5) is 18.9 Å².